The van der Waals surface area contributed by atoms with Gasteiger partial charge >= 0.3 is 6.09 Å². The van der Waals surface area contributed by atoms with E-state index in [-0.39, 0.29) is 6.61 Å². The number of nitrogens with one attached hydrogen (secondary N) is 1. The van der Waals surface area contributed by atoms with Crippen LogP contribution in [-0.4, -0.2) is 30.7 Å². The lowest BCUT2D eigenvalue weighted by Gasteiger charge is -2.15. The predicted octanol–water partition coefficient (Wildman–Crippen LogP) is 4.39. The summed E-state index contributed by atoms with van der Waals surface area (Å²) >= 11 is 19.7. The Kier molecular flexibility index (Phi) is 6.51. The number of ether oxygens (including phenoxy) is 3. The molecule has 20 heavy (non-hydrogen) atoms. The fourth-order valence-corrected chi connectivity index (χ4v) is 1.92. The number of alkyl halides is 3. The molecular weight excluding hydrogens is 396 g/mol. The zero-order valence-electron chi connectivity index (χ0n) is 10.5. The van der Waals surface area contributed by atoms with Gasteiger partial charge in [-0.1, -0.05) is 34.8 Å². The third kappa shape index (κ3) is 5.44. The van der Waals surface area contributed by atoms with Crippen molar-refractivity contribution >= 4 is 62.5 Å². The molecule has 9 heteroatoms. The zero-order valence-corrected chi connectivity index (χ0v) is 14.4. The van der Waals surface area contributed by atoms with Crippen molar-refractivity contribution in [1.82, 2.24) is 0 Å². The Morgan fingerprint density at radius 3 is 2.35 bits per heavy atom. The lowest BCUT2D eigenvalue weighted by molar-refractivity contribution is 0.164. The summed E-state index contributed by atoms with van der Waals surface area (Å²) in [7, 11) is 2.97. The fourth-order valence-electron chi connectivity index (χ4n) is 1.25. The first-order valence-electron chi connectivity index (χ1n) is 5.19. The van der Waals surface area contributed by atoms with E-state index in [1.807, 2.05) is 0 Å². The Morgan fingerprint density at radius 2 is 1.85 bits per heavy atom. The highest BCUT2D eigenvalue weighted by Gasteiger charge is 2.22. The highest BCUT2D eigenvalue weighted by molar-refractivity contribution is 9.10. The Morgan fingerprint density at radius 1 is 1.25 bits per heavy atom. The Hall–Kier alpha value is -0.560. The SMILES string of the molecule is COc1cc(OC)c(NC(=O)OCC(Cl)(Cl)Cl)cc1Br. The van der Waals surface area contributed by atoms with Gasteiger partial charge in [0.25, 0.3) is 0 Å². The third-order valence-electron chi connectivity index (χ3n) is 2.08. The number of methoxy groups -OCH3 is 2. The normalized spacial score (nSPS) is 10.9. The van der Waals surface area contributed by atoms with Crippen LogP contribution in [0, 0.1) is 0 Å². The molecule has 0 spiro atoms. The first kappa shape index (κ1) is 17.5. The number of hydrogen-bond donors (Lipinski definition) is 1. The molecule has 1 aromatic carbocycles. The van der Waals surface area contributed by atoms with Crippen LogP contribution in [0.4, 0.5) is 10.5 Å². The number of benzene rings is 1. The molecule has 0 saturated carbocycles. The van der Waals surface area contributed by atoms with Crippen LogP contribution in [0.25, 0.3) is 0 Å². The zero-order chi connectivity index (χ0) is 15.3. The van der Waals surface area contributed by atoms with E-state index >= 15 is 0 Å². The van der Waals surface area contributed by atoms with Crippen molar-refractivity contribution in [3.8, 4) is 11.5 Å². The topological polar surface area (TPSA) is 56.8 Å². The Balaban J connectivity index is 2.81. The maximum atomic E-state index is 11.6. The first-order valence-corrected chi connectivity index (χ1v) is 7.11. The largest absolute Gasteiger partial charge is 0.495 e. The van der Waals surface area contributed by atoms with E-state index < -0.39 is 9.89 Å². The van der Waals surface area contributed by atoms with Gasteiger partial charge in [-0.25, -0.2) is 4.79 Å². The summed E-state index contributed by atoms with van der Waals surface area (Å²) in [6.07, 6.45) is -0.772. The monoisotopic (exact) mass is 405 g/mol. The molecule has 5 nitrogen and oxygen atoms in total. The quantitative estimate of drug-likeness (QED) is 0.753. The molecule has 0 radical (unpaired) electrons. The Bertz CT molecular complexity index is 493. The summed E-state index contributed by atoms with van der Waals surface area (Å²) in [5, 5.41) is 2.48. The number of carbonyl (C=O) groups excluding carboxylic acids is 1. The lowest BCUT2D eigenvalue weighted by Crippen LogP contribution is -2.21. The number of amides is 1. The second kappa shape index (κ2) is 7.45. The average molecular weight is 407 g/mol. The standard InChI is InChI=1S/C11H11BrCl3NO4/c1-18-8-4-9(19-2)7(3-6(8)12)16-10(17)20-5-11(13,14)15/h3-4H,5H2,1-2H3,(H,16,17). The van der Waals surface area contributed by atoms with Crippen LogP contribution in [0.3, 0.4) is 0 Å². The smallest absolute Gasteiger partial charge is 0.411 e. The fraction of sp³-hybridized carbons (Fsp3) is 0.364. The summed E-state index contributed by atoms with van der Waals surface area (Å²) in [4.78, 5) is 11.6. The van der Waals surface area contributed by atoms with Gasteiger partial charge in [-0.15, -0.1) is 0 Å². The number of anilines is 1. The van der Waals surface area contributed by atoms with E-state index in [0.29, 0.717) is 21.7 Å². The van der Waals surface area contributed by atoms with Crippen LogP contribution >= 0.6 is 50.7 Å². The van der Waals surface area contributed by atoms with Gasteiger partial charge in [-0.2, -0.15) is 0 Å². The van der Waals surface area contributed by atoms with E-state index in [4.69, 9.17) is 49.0 Å². The summed E-state index contributed by atoms with van der Waals surface area (Å²) in [5.74, 6) is 0.956. The van der Waals surface area contributed by atoms with Crippen molar-refractivity contribution in [2.75, 3.05) is 26.1 Å². The summed E-state index contributed by atoms with van der Waals surface area (Å²) in [5.41, 5.74) is 0.384. The summed E-state index contributed by atoms with van der Waals surface area (Å²) < 4.78 is 14.0. The van der Waals surface area contributed by atoms with Crippen LogP contribution in [0.1, 0.15) is 0 Å². The van der Waals surface area contributed by atoms with Crippen molar-refractivity contribution in [2.45, 2.75) is 3.79 Å². The maximum Gasteiger partial charge on any atom is 0.411 e. The van der Waals surface area contributed by atoms with Gasteiger partial charge in [-0.05, 0) is 22.0 Å². The van der Waals surface area contributed by atoms with E-state index in [2.05, 4.69) is 21.2 Å². The molecule has 0 unspecified atom stereocenters. The molecule has 0 heterocycles. The van der Waals surface area contributed by atoms with Crippen molar-refractivity contribution in [3.63, 3.8) is 0 Å². The van der Waals surface area contributed by atoms with E-state index in [0.717, 1.165) is 0 Å². The first-order chi connectivity index (χ1) is 9.26. The van der Waals surface area contributed by atoms with Gasteiger partial charge in [0, 0.05) is 6.07 Å². The van der Waals surface area contributed by atoms with Crippen LogP contribution in [-0.2, 0) is 4.74 Å². The van der Waals surface area contributed by atoms with Crippen LogP contribution in [0.5, 0.6) is 11.5 Å². The molecular formula is C11H11BrCl3NO4. The minimum Gasteiger partial charge on any atom is -0.495 e. The van der Waals surface area contributed by atoms with Crippen molar-refractivity contribution in [3.05, 3.63) is 16.6 Å². The molecule has 0 saturated heterocycles. The highest BCUT2D eigenvalue weighted by Crippen LogP contribution is 2.36. The van der Waals surface area contributed by atoms with Gasteiger partial charge in [0.15, 0.2) is 0 Å². The minimum atomic E-state index is -1.66. The molecule has 0 fully saturated rings. The predicted molar refractivity (Wildman–Crippen MR) is 82.5 cm³/mol. The molecule has 1 rings (SSSR count). The van der Waals surface area contributed by atoms with E-state index in [1.54, 1.807) is 12.1 Å². The van der Waals surface area contributed by atoms with Gasteiger partial charge in [-0.3, -0.25) is 5.32 Å². The lowest BCUT2D eigenvalue weighted by atomic mass is 10.2. The van der Waals surface area contributed by atoms with Crippen LogP contribution in [0.15, 0.2) is 16.6 Å². The van der Waals surface area contributed by atoms with Gasteiger partial charge in [0.05, 0.1) is 24.4 Å². The average Bonchev–Trinajstić information content (AvgIpc) is 2.36. The van der Waals surface area contributed by atoms with E-state index in [9.17, 15) is 4.79 Å². The summed E-state index contributed by atoms with van der Waals surface area (Å²) in [6, 6.07) is 3.21. The molecule has 0 aromatic heterocycles. The number of carbonyl (C=O) groups is 1. The van der Waals surface area contributed by atoms with Gasteiger partial charge in [0.1, 0.15) is 18.1 Å². The second-order valence-electron chi connectivity index (χ2n) is 3.50. The van der Waals surface area contributed by atoms with Gasteiger partial charge in [0.2, 0.25) is 3.79 Å². The second-order valence-corrected chi connectivity index (χ2v) is 6.87. The van der Waals surface area contributed by atoms with Crippen LogP contribution < -0.4 is 14.8 Å². The third-order valence-corrected chi connectivity index (χ3v) is 3.02. The minimum absolute atomic E-state index is 0.372. The summed E-state index contributed by atoms with van der Waals surface area (Å²) in [6.45, 7) is -0.372. The molecule has 1 aromatic rings. The van der Waals surface area contributed by atoms with Crippen LogP contribution in [0.2, 0.25) is 0 Å². The maximum absolute atomic E-state index is 11.6. The number of rotatable bonds is 4. The van der Waals surface area contributed by atoms with Crippen molar-refractivity contribution in [2.24, 2.45) is 0 Å². The number of hydrogen-bond acceptors (Lipinski definition) is 4. The molecule has 112 valence electrons. The molecule has 0 aliphatic heterocycles. The Labute approximate surface area is 139 Å². The van der Waals surface area contributed by atoms with Crippen molar-refractivity contribution in [1.29, 1.82) is 0 Å². The molecule has 0 atom stereocenters. The molecule has 1 N–H and O–H groups in total. The molecule has 0 bridgehead atoms. The van der Waals surface area contributed by atoms with Gasteiger partial charge < -0.3 is 14.2 Å². The van der Waals surface area contributed by atoms with E-state index in [1.165, 1.54) is 14.2 Å². The highest BCUT2D eigenvalue weighted by atomic mass is 79.9. The molecule has 0 aliphatic carbocycles. The molecule has 1 amide bonds. The molecule has 0 aliphatic rings. The van der Waals surface area contributed by atoms with Crippen molar-refractivity contribution < 1.29 is 19.0 Å². The number of halogens is 4.